The summed E-state index contributed by atoms with van der Waals surface area (Å²) >= 11 is 0. The third-order valence-corrected chi connectivity index (χ3v) is 5.06. The Morgan fingerprint density at radius 2 is 1.90 bits per heavy atom. The Morgan fingerprint density at radius 1 is 1.03 bits per heavy atom. The quantitative estimate of drug-likeness (QED) is 0.459. The summed E-state index contributed by atoms with van der Waals surface area (Å²) in [7, 11) is 0. The van der Waals surface area contributed by atoms with Crippen molar-refractivity contribution in [3.8, 4) is 0 Å². The molecule has 0 saturated carbocycles. The minimum atomic E-state index is 0.745. The van der Waals surface area contributed by atoms with Crippen LogP contribution < -0.4 is 0 Å². The van der Waals surface area contributed by atoms with E-state index in [0.29, 0.717) is 0 Å². The molecular formula is C23H26N6. The number of pyridine rings is 1. The minimum Gasteiger partial charge on any atom is -0.301 e. The molecule has 0 bridgehead atoms. The Balaban J connectivity index is 1.59. The molecule has 4 heterocycles. The van der Waals surface area contributed by atoms with Gasteiger partial charge in [-0.1, -0.05) is 31.2 Å². The van der Waals surface area contributed by atoms with Crippen LogP contribution in [-0.4, -0.2) is 29.0 Å². The lowest BCUT2D eigenvalue weighted by Crippen LogP contribution is -1.94. The first-order chi connectivity index (χ1) is 14.1. The monoisotopic (exact) mass is 386 g/mol. The molecule has 4 aromatic rings. The Bertz CT molecular complexity index is 1190. The van der Waals surface area contributed by atoms with Gasteiger partial charge < -0.3 is 4.40 Å². The van der Waals surface area contributed by atoms with Gasteiger partial charge >= 0.3 is 0 Å². The molecule has 4 rings (SSSR count). The normalized spacial score (nSPS) is 12.3. The lowest BCUT2D eigenvalue weighted by atomic mass is 10.1. The average molecular weight is 387 g/mol. The number of fused-ring (bicyclic) bond motifs is 2. The van der Waals surface area contributed by atoms with Gasteiger partial charge in [-0.2, -0.15) is 5.10 Å². The van der Waals surface area contributed by atoms with Crippen molar-refractivity contribution in [1.29, 1.82) is 0 Å². The van der Waals surface area contributed by atoms with Crippen molar-refractivity contribution in [2.45, 2.75) is 47.0 Å². The summed E-state index contributed by atoms with van der Waals surface area (Å²) in [6, 6.07) is 2.08. The summed E-state index contributed by atoms with van der Waals surface area (Å²) in [4.78, 5) is 14.0. The van der Waals surface area contributed by atoms with Crippen molar-refractivity contribution in [3.05, 3.63) is 76.9 Å². The summed E-state index contributed by atoms with van der Waals surface area (Å²) in [5, 5.41) is 4.67. The molecule has 0 amide bonds. The Hall–Kier alpha value is -3.28. The van der Waals surface area contributed by atoms with Gasteiger partial charge in [-0.15, -0.1) is 0 Å². The Kier molecular flexibility index (Phi) is 5.25. The molecule has 0 aliphatic carbocycles. The number of aromatic nitrogens is 6. The summed E-state index contributed by atoms with van der Waals surface area (Å²) in [6.45, 7) is 8.26. The molecule has 148 valence electrons. The number of imidazole rings is 1. The van der Waals surface area contributed by atoms with Gasteiger partial charge in [-0.3, -0.25) is 4.98 Å². The van der Waals surface area contributed by atoms with Gasteiger partial charge in [0.15, 0.2) is 17.1 Å². The largest absolute Gasteiger partial charge is 0.301 e. The second kappa shape index (κ2) is 7.99. The molecule has 0 aliphatic heterocycles. The molecular weight excluding hydrogens is 360 g/mol. The van der Waals surface area contributed by atoms with E-state index in [4.69, 9.17) is 9.97 Å². The fourth-order valence-electron chi connectivity index (χ4n) is 3.41. The van der Waals surface area contributed by atoms with Crippen molar-refractivity contribution < 1.29 is 0 Å². The van der Waals surface area contributed by atoms with Crippen molar-refractivity contribution in [1.82, 2.24) is 29.0 Å². The summed E-state index contributed by atoms with van der Waals surface area (Å²) in [6.07, 6.45) is 16.9. The van der Waals surface area contributed by atoms with Gasteiger partial charge in [-0.25, -0.2) is 14.5 Å². The van der Waals surface area contributed by atoms with Crippen LogP contribution >= 0.6 is 0 Å². The second-order valence-corrected chi connectivity index (χ2v) is 7.31. The van der Waals surface area contributed by atoms with E-state index in [-0.39, 0.29) is 0 Å². The summed E-state index contributed by atoms with van der Waals surface area (Å²) in [5.74, 6) is 0.831. The van der Waals surface area contributed by atoms with E-state index in [1.807, 2.05) is 30.8 Å². The maximum atomic E-state index is 4.81. The van der Waals surface area contributed by atoms with Crippen molar-refractivity contribution in [2.24, 2.45) is 0 Å². The van der Waals surface area contributed by atoms with Gasteiger partial charge in [0.05, 0.1) is 11.4 Å². The predicted octanol–water partition coefficient (Wildman–Crippen LogP) is 4.46. The van der Waals surface area contributed by atoms with Crippen LogP contribution in [-0.2, 0) is 12.8 Å². The van der Waals surface area contributed by atoms with Crippen LogP contribution in [0.5, 0.6) is 0 Å². The van der Waals surface area contributed by atoms with Crippen LogP contribution in [0.15, 0.2) is 42.9 Å². The first kappa shape index (κ1) is 19.1. The lowest BCUT2D eigenvalue weighted by Gasteiger charge is -2.01. The molecule has 0 N–H and O–H groups in total. The zero-order chi connectivity index (χ0) is 20.4. The van der Waals surface area contributed by atoms with E-state index >= 15 is 0 Å². The van der Waals surface area contributed by atoms with Crippen molar-refractivity contribution in [3.63, 3.8) is 0 Å². The third kappa shape index (κ3) is 3.83. The van der Waals surface area contributed by atoms with Crippen LogP contribution in [0, 0.1) is 20.8 Å². The van der Waals surface area contributed by atoms with Crippen LogP contribution in [0.3, 0.4) is 0 Å². The first-order valence-electron chi connectivity index (χ1n) is 10.0. The minimum absolute atomic E-state index is 0.745. The molecule has 0 atom stereocenters. The number of aryl methyl sites for hydroxylation is 5. The molecule has 0 saturated heterocycles. The van der Waals surface area contributed by atoms with E-state index in [1.54, 1.807) is 0 Å². The standard InChI is InChI=1S/C23H26N6/c1-5-6-7-8-9-20-16(2)12-13-29-23(20)26-21(27-29)11-10-19-15-28-17(3)14-24-18(4)22(28)25-19/h6-9,12-15H,5,10-11H2,1-4H3/b7-6+,9-8-. The lowest BCUT2D eigenvalue weighted by molar-refractivity contribution is 0.824. The summed E-state index contributed by atoms with van der Waals surface area (Å²) < 4.78 is 3.97. The zero-order valence-corrected chi connectivity index (χ0v) is 17.4. The van der Waals surface area contributed by atoms with Crippen LogP contribution in [0.1, 0.15) is 47.4 Å². The molecule has 0 spiro atoms. The molecule has 6 heteroatoms. The highest BCUT2D eigenvalue weighted by atomic mass is 15.3. The number of rotatable bonds is 6. The highest BCUT2D eigenvalue weighted by molar-refractivity contribution is 5.69. The van der Waals surface area contributed by atoms with Gasteiger partial charge in [0.2, 0.25) is 0 Å². The Morgan fingerprint density at radius 3 is 2.69 bits per heavy atom. The molecule has 0 unspecified atom stereocenters. The van der Waals surface area contributed by atoms with Gasteiger partial charge in [0, 0.05) is 36.3 Å². The number of allylic oxidation sites excluding steroid dienone is 3. The fraction of sp³-hybridized carbons (Fsp3) is 0.304. The maximum absolute atomic E-state index is 4.81. The van der Waals surface area contributed by atoms with Gasteiger partial charge in [0.1, 0.15) is 0 Å². The SMILES string of the molecule is CC/C=C/C=C\c1c(C)ccn2nc(CCc3cn4c(C)cnc(C)c4n3)nc12. The topological polar surface area (TPSA) is 60.4 Å². The van der Waals surface area contributed by atoms with Crippen LogP contribution in [0.25, 0.3) is 17.4 Å². The van der Waals surface area contributed by atoms with Crippen LogP contribution in [0.2, 0.25) is 0 Å². The second-order valence-electron chi connectivity index (χ2n) is 7.31. The predicted molar refractivity (Wildman–Crippen MR) is 116 cm³/mol. The first-order valence-corrected chi connectivity index (χ1v) is 10.0. The molecule has 0 radical (unpaired) electrons. The smallest absolute Gasteiger partial charge is 0.163 e. The van der Waals surface area contributed by atoms with Crippen molar-refractivity contribution in [2.75, 3.05) is 0 Å². The van der Waals surface area contributed by atoms with E-state index in [2.05, 4.69) is 64.9 Å². The third-order valence-electron chi connectivity index (χ3n) is 5.06. The van der Waals surface area contributed by atoms with Crippen LogP contribution in [0.4, 0.5) is 0 Å². The number of hydrogen-bond donors (Lipinski definition) is 0. The van der Waals surface area contributed by atoms with Gasteiger partial charge in [-0.05, 0) is 45.2 Å². The molecule has 0 fully saturated rings. The highest BCUT2D eigenvalue weighted by Gasteiger charge is 2.11. The van der Waals surface area contributed by atoms with E-state index in [0.717, 1.165) is 59.0 Å². The van der Waals surface area contributed by atoms with E-state index in [1.165, 1.54) is 5.56 Å². The van der Waals surface area contributed by atoms with Crippen molar-refractivity contribution >= 4 is 17.4 Å². The van der Waals surface area contributed by atoms with E-state index < -0.39 is 0 Å². The zero-order valence-electron chi connectivity index (χ0n) is 17.4. The molecule has 6 nitrogen and oxygen atoms in total. The number of hydrogen-bond acceptors (Lipinski definition) is 4. The fourth-order valence-corrected chi connectivity index (χ4v) is 3.41. The molecule has 29 heavy (non-hydrogen) atoms. The van der Waals surface area contributed by atoms with Gasteiger partial charge in [0.25, 0.3) is 0 Å². The Labute approximate surface area is 170 Å². The number of nitrogens with zero attached hydrogens (tertiary/aromatic N) is 6. The summed E-state index contributed by atoms with van der Waals surface area (Å²) in [5.41, 5.74) is 7.17. The molecule has 0 aromatic carbocycles. The van der Waals surface area contributed by atoms with E-state index in [9.17, 15) is 0 Å². The average Bonchev–Trinajstić information content (AvgIpc) is 3.33. The highest BCUT2D eigenvalue weighted by Crippen LogP contribution is 2.17. The molecule has 4 aromatic heterocycles. The molecule has 0 aliphatic rings. The maximum Gasteiger partial charge on any atom is 0.163 e.